The van der Waals surface area contributed by atoms with E-state index in [1.165, 1.54) is 4.80 Å². The second kappa shape index (κ2) is 6.17. The fourth-order valence-electron chi connectivity index (χ4n) is 2.26. The zero-order valence-corrected chi connectivity index (χ0v) is 13.5. The second-order valence-corrected chi connectivity index (χ2v) is 5.73. The summed E-state index contributed by atoms with van der Waals surface area (Å²) in [6.45, 7) is 0. The van der Waals surface area contributed by atoms with Crippen molar-refractivity contribution >= 4 is 11.3 Å². The van der Waals surface area contributed by atoms with Crippen LogP contribution in [0.1, 0.15) is 0 Å². The lowest BCUT2D eigenvalue weighted by molar-refractivity contribution is 0.416. The maximum Gasteiger partial charge on any atom is 0.223 e. The molecule has 0 spiro atoms. The van der Waals surface area contributed by atoms with Gasteiger partial charge in [0, 0.05) is 23.8 Å². The highest BCUT2D eigenvalue weighted by atomic mass is 32.1. The van der Waals surface area contributed by atoms with Crippen LogP contribution in [0.2, 0.25) is 0 Å². The van der Waals surface area contributed by atoms with Gasteiger partial charge in [0.25, 0.3) is 0 Å². The van der Waals surface area contributed by atoms with E-state index in [4.69, 9.17) is 4.74 Å². The standard InChI is InChI=1S/C16H12N6OS/c1-23-14-10-11(5-6-12(14)16-18-8-9-24-16)22-20-15(19-21-22)13-4-2-3-7-17-13/h2-10H,1H3. The van der Waals surface area contributed by atoms with Crippen molar-refractivity contribution in [2.75, 3.05) is 7.11 Å². The van der Waals surface area contributed by atoms with Gasteiger partial charge in [0.2, 0.25) is 5.82 Å². The van der Waals surface area contributed by atoms with Crippen LogP contribution in [0.4, 0.5) is 0 Å². The summed E-state index contributed by atoms with van der Waals surface area (Å²) < 4.78 is 5.49. The first-order valence-corrected chi connectivity index (χ1v) is 8.03. The summed E-state index contributed by atoms with van der Waals surface area (Å²) in [5.74, 6) is 1.18. The first kappa shape index (κ1) is 14.5. The molecular formula is C16H12N6OS. The molecule has 0 bridgehead atoms. The Balaban J connectivity index is 1.71. The Kier molecular flexibility index (Phi) is 3.72. The number of ether oxygens (including phenoxy) is 1. The van der Waals surface area contributed by atoms with Crippen LogP contribution in [-0.4, -0.2) is 37.3 Å². The van der Waals surface area contributed by atoms with Gasteiger partial charge in [0.15, 0.2) is 0 Å². The molecule has 0 amide bonds. The molecule has 0 atom stereocenters. The zero-order chi connectivity index (χ0) is 16.4. The Labute approximate surface area is 141 Å². The summed E-state index contributed by atoms with van der Waals surface area (Å²) in [6, 6.07) is 11.3. The first-order valence-electron chi connectivity index (χ1n) is 7.15. The molecule has 7 nitrogen and oxygen atoms in total. The highest BCUT2D eigenvalue weighted by Crippen LogP contribution is 2.32. The zero-order valence-electron chi connectivity index (χ0n) is 12.7. The van der Waals surface area contributed by atoms with Gasteiger partial charge in [0.05, 0.1) is 18.4 Å². The molecule has 0 saturated carbocycles. The normalized spacial score (nSPS) is 10.7. The van der Waals surface area contributed by atoms with Crippen molar-refractivity contribution in [2.24, 2.45) is 0 Å². The van der Waals surface area contributed by atoms with Gasteiger partial charge in [-0.15, -0.1) is 26.3 Å². The summed E-state index contributed by atoms with van der Waals surface area (Å²) in [5, 5.41) is 15.4. The molecule has 8 heteroatoms. The van der Waals surface area contributed by atoms with Crippen LogP contribution >= 0.6 is 11.3 Å². The molecule has 118 valence electrons. The highest BCUT2D eigenvalue weighted by molar-refractivity contribution is 7.13. The number of tetrazole rings is 1. The van der Waals surface area contributed by atoms with Crippen LogP contribution in [-0.2, 0) is 0 Å². The predicted octanol–water partition coefficient (Wildman–Crippen LogP) is 2.86. The van der Waals surface area contributed by atoms with Crippen molar-refractivity contribution in [3.8, 4) is 33.5 Å². The van der Waals surface area contributed by atoms with E-state index in [-0.39, 0.29) is 0 Å². The smallest absolute Gasteiger partial charge is 0.223 e. The van der Waals surface area contributed by atoms with Crippen LogP contribution in [0, 0.1) is 0 Å². The van der Waals surface area contributed by atoms with Crippen LogP contribution in [0.3, 0.4) is 0 Å². The molecule has 3 aromatic heterocycles. The van der Waals surface area contributed by atoms with Gasteiger partial charge < -0.3 is 4.74 Å². The largest absolute Gasteiger partial charge is 0.496 e. The molecule has 3 heterocycles. The molecule has 4 rings (SSSR count). The average Bonchev–Trinajstić information content (AvgIpc) is 3.34. The summed E-state index contributed by atoms with van der Waals surface area (Å²) in [4.78, 5) is 10.0. The minimum Gasteiger partial charge on any atom is -0.496 e. The third-order valence-corrected chi connectivity index (χ3v) is 4.19. The molecule has 0 unspecified atom stereocenters. The van der Waals surface area contributed by atoms with Gasteiger partial charge in [-0.2, -0.15) is 0 Å². The molecule has 0 aliphatic rings. The van der Waals surface area contributed by atoms with Crippen LogP contribution in [0.5, 0.6) is 5.75 Å². The number of methoxy groups -OCH3 is 1. The van der Waals surface area contributed by atoms with Gasteiger partial charge in [-0.25, -0.2) is 4.98 Å². The SMILES string of the molecule is COc1cc(-n2nnc(-c3ccccn3)n2)ccc1-c1nccs1. The van der Waals surface area contributed by atoms with E-state index < -0.39 is 0 Å². The lowest BCUT2D eigenvalue weighted by atomic mass is 10.2. The Morgan fingerprint density at radius 3 is 2.79 bits per heavy atom. The van der Waals surface area contributed by atoms with Crippen molar-refractivity contribution in [3.05, 3.63) is 54.2 Å². The number of thiazole rings is 1. The van der Waals surface area contributed by atoms with Crippen LogP contribution < -0.4 is 4.74 Å². The van der Waals surface area contributed by atoms with Gasteiger partial charge in [-0.3, -0.25) is 4.98 Å². The number of aromatic nitrogens is 6. The fraction of sp³-hybridized carbons (Fsp3) is 0.0625. The van der Waals surface area contributed by atoms with Gasteiger partial charge in [-0.1, -0.05) is 6.07 Å². The van der Waals surface area contributed by atoms with Crippen molar-refractivity contribution in [3.63, 3.8) is 0 Å². The van der Waals surface area contributed by atoms with E-state index in [1.807, 2.05) is 41.8 Å². The molecular weight excluding hydrogens is 324 g/mol. The maximum absolute atomic E-state index is 5.49. The Hall–Kier alpha value is -3.13. The molecule has 0 aliphatic heterocycles. The van der Waals surface area contributed by atoms with E-state index in [1.54, 1.807) is 30.8 Å². The highest BCUT2D eigenvalue weighted by Gasteiger charge is 2.13. The Bertz CT molecular complexity index is 952. The molecule has 1 aromatic carbocycles. The summed E-state index contributed by atoms with van der Waals surface area (Å²) >= 11 is 1.56. The Morgan fingerprint density at radius 1 is 1.08 bits per heavy atom. The number of hydrogen-bond acceptors (Lipinski definition) is 7. The molecule has 0 saturated heterocycles. The number of benzene rings is 1. The summed E-state index contributed by atoms with van der Waals surface area (Å²) in [7, 11) is 1.63. The average molecular weight is 336 g/mol. The summed E-state index contributed by atoms with van der Waals surface area (Å²) in [5.41, 5.74) is 2.36. The quantitative estimate of drug-likeness (QED) is 0.570. The molecule has 0 fully saturated rings. The fourth-order valence-corrected chi connectivity index (χ4v) is 2.93. The lowest BCUT2D eigenvalue weighted by Crippen LogP contribution is -2.00. The van der Waals surface area contributed by atoms with Crippen LogP contribution in [0.25, 0.3) is 27.8 Å². The Morgan fingerprint density at radius 2 is 2.04 bits per heavy atom. The minimum atomic E-state index is 0.471. The third kappa shape index (κ3) is 2.63. The first-order chi connectivity index (χ1) is 11.8. The van der Waals surface area contributed by atoms with Crippen molar-refractivity contribution in [2.45, 2.75) is 0 Å². The number of rotatable bonds is 4. The predicted molar refractivity (Wildman–Crippen MR) is 90.0 cm³/mol. The van der Waals surface area contributed by atoms with Gasteiger partial charge in [0.1, 0.15) is 16.5 Å². The minimum absolute atomic E-state index is 0.471. The molecule has 24 heavy (non-hydrogen) atoms. The van der Waals surface area contributed by atoms with Crippen molar-refractivity contribution < 1.29 is 4.74 Å². The van der Waals surface area contributed by atoms with E-state index >= 15 is 0 Å². The van der Waals surface area contributed by atoms with Crippen LogP contribution in [0.15, 0.2) is 54.2 Å². The van der Waals surface area contributed by atoms with Gasteiger partial charge in [-0.05, 0) is 29.5 Å². The van der Waals surface area contributed by atoms with E-state index in [2.05, 4.69) is 25.4 Å². The van der Waals surface area contributed by atoms with Crippen molar-refractivity contribution in [1.82, 2.24) is 30.2 Å². The topological polar surface area (TPSA) is 78.6 Å². The molecule has 0 aliphatic carbocycles. The second-order valence-electron chi connectivity index (χ2n) is 4.84. The van der Waals surface area contributed by atoms with E-state index in [9.17, 15) is 0 Å². The number of nitrogens with zero attached hydrogens (tertiary/aromatic N) is 6. The van der Waals surface area contributed by atoms with E-state index in [0.717, 1.165) is 16.3 Å². The summed E-state index contributed by atoms with van der Waals surface area (Å²) in [6.07, 6.45) is 3.47. The third-order valence-electron chi connectivity index (χ3n) is 3.39. The monoisotopic (exact) mass is 336 g/mol. The maximum atomic E-state index is 5.49. The van der Waals surface area contributed by atoms with Crippen molar-refractivity contribution in [1.29, 1.82) is 0 Å². The molecule has 0 N–H and O–H groups in total. The van der Waals surface area contributed by atoms with E-state index in [0.29, 0.717) is 17.3 Å². The molecule has 0 radical (unpaired) electrons. The molecule has 4 aromatic rings. The lowest BCUT2D eigenvalue weighted by Gasteiger charge is -2.08. The van der Waals surface area contributed by atoms with Gasteiger partial charge >= 0.3 is 0 Å². The number of pyridine rings is 1. The number of hydrogen-bond donors (Lipinski definition) is 0.